The number of carboxylic acids is 1. The fourth-order valence-electron chi connectivity index (χ4n) is 1.63. The smallest absolute Gasteiger partial charge is 0.337 e. The Morgan fingerprint density at radius 2 is 2.14 bits per heavy atom. The fraction of sp³-hybridized carbons (Fsp3) is 0.143. The highest BCUT2D eigenvalue weighted by molar-refractivity contribution is 7.99. The number of hydrogen-bond donors (Lipinski definition) is 2. The average molecular weight is 342 g/mol. The summed E-state index contributed by atoms with van der Waals surface area (Å²) in [5.41, 5.74) is 0.243. The summed E-state index contributed by atoms with van der Waals surface area (Å²) in [4.78, 5) is 24.2. The van der Waals surface area contributed by atoms with Gasteiger partial charge in [-0.3, -0.25) is 4.79 Å². The highest BCUT2D eigenvalue weighted by atomic mass is 35.5. The van der Waals surface area contributed by atoms with E-state index in [1.165, 1.54) is 28.8 Å². The van der Waals surface area contributed by atoms with E-state index in [4.69, 9.17) is 16.7 Å². The van der Waals surface area contributed by atoms with Gasteiger partial charge in [0.15, 0.2) is 0 Å². The second kappa shape index (κ2) is 7.49. The van der Waals surface area contributed by atoms with Crippen molar-refractivity contribution in [2.75, 3.05) is 11.1 Å². The molecule has 0 aliphatic rings. The molecule has 0 saturated heterocycles. The molecule has 0 bridgehead atoms. The predicted molar refractivity (Wildman–Crippen MR) is 87.5 cm³/mol. The molecule has 2 N–H and O–H groups in total. The number of nitrogens with one attached hydrogen (secondary N) is 1. The quantitative estimate of drug-likeness (QED) is 0.834. The lowest BCUT2D eigenvalue weighted by Gasteiger charge is -2.08. The van der Waals surface area contributed by atoms with Crippen LogP contribution < -0.4 is 5.32 Å². The summed E-state index contributed by atoms with van der Waals surface area (Å²) >= 11 is 8.88. The van der Waals surface area contributed by atoms with E-state index in [0.29, 0.717) is 5.02 Å². The molecule has 0 saturated carbocycles. The van der Waals surface area contributed by atoms with E-state index in [9.17, 15) is 9.59 Å². The number of thioether (sulfide) groups is 1. The van der Waals surface area contributed by atoms with Crippen molar-refractivity contribution in [1.29, 1.82) is 0 Å². The summed E-state index contributed by atoms with van der Waals surface area (Å²) in [7, 11) is 0. The number of rotatable bonds is 6. The largest absolute Gasteiger partial charge is 0.478 e. The molecular weight excluding hydrogens is 330 g/mol. The second-order valence-electron chi connectivity index (χ2n) is 4.12. The van der Waals surface area contributed by atoms with Gasteiger partial charge in [0.25, 0.3) is 0 Å². The van der Waals surface area contributed by atoms with Gasteiger partial charge in [0.1, 0.15) is 0 Å². The summed E-state index contributed by atoms with van der Waals surface area (Å²) in [5.74, 6) is -0.336. The minimum absolute atomic E-state index is 0.0147. The van der Waals surface area contributed by atoms with Crippen LogP contribution in [0.2, 0.25) is 5.02 Å². The number of halogens is 1. The van der Waals surface area contributed by atoms with Crippen LogP contribution in [-0.2, 0) is 10.5 Å². The van der Waals surface area contributed by atoms with E-state index in [1.807, 2.05) is 17.5 Å². The number of anilines is 1. The maximum atomic E-state index is 11.8. The second-order valence-corrected chi connectivity index (χ2v) is 6.57. The average Bonchev–Trinajstić information content (AvgIpc) is 2.94. The molecule has 0 fully saturated rings. The van der Waals surface area contributed by atoms with Crippen molar-refractivity contribution >= 4 is 52.3 Å². The topological polar surface area (TPSA) is 66.4 Å². The van der Waals surface area contributed by atoms with Gasteiger partial charge in [0, 0.05) is 15.7 Å². The lowest BCUT2D eigenvalue weighted by Crippen LogP contribution is -2.16. The first kappa shape index (κ1) is 15.9. The van der Waals surface area contributed by atoms with Crippen molar-refractivity contribution in [1.82, 2.24) is 0 Å². The SMILES string of the molecule is O=C(CSCc1cccs1)Nc1ccc(Cl)cc1C(=O)O. The molecule has 1 aromatic carbocycles. The number of thiophene rings is 1. The van der Waals surface area contributed by atoms with Crippen molar-refractivity contribution in [3.63, 3.8) is 0 Å². The van der Waals surface area contributed by atoms with Crippen molar-refractivity contribution in [3.05, 3.63) is 51.2 Å². The first-order valence-electron chi connectivity index (χ1n) is 5.99. The maximum absolute atomic E-state index is 11.8. The molecule has 110 valence electrons. The van der Waals surface area contributed by atoms with Crippen molar-refractivity contribution in [3.8, 4) is 0 Å². The van der Waals surface area contributed by atoms with Crippen molar-refractivity contribution in [2.45, 2.75) is 5.75 Å². The van der Waals surface area contributed by atoms with E-state index < -0.39 is 5.97 Å². The number of carbonyl (C=O) groups excluding carboxylic acids is 1. The van der Waals surface area contributed by atoms with E-state index in [2.05, 4.69) is 5.32 Å². The number of amides is 1. The van der Waals surface area contributed by atoms with Gasteiger partial charge in [-0.05, 0) is 29.6 Å². The first-order chi connectivity index (χ1) is 10.1. The Hall–Kier alpha value is -1.50. The molecule has 21 heavy (non-hydrogen) atoms. The van der Waals surface area contributed by atoms with Gasteiger partial charge >= 0.3 is 5.97 Å². The molecule has 2 rings (SSSR count). The molecule has 1 amide bonds. The molecule has 1 heterocycles. The molecule has 7 heteroatoms. The molecule has 0 unspecified atom stereocenters. The van der Waals surface area contributed by atoms with Crippen LogP contribution in [0.15, 0.2) is 35.7 Å². The minimum atomic E-state index is -1.13. The van der Waals surface area contributed by atoms with Gasteiger partial charge in [-0.1, -0.05) is 17.7 Å². The highest BCUT2D eigenvalue weighted by Crippen LogP contribution is 2.22. The monoisotopic (exact) mass is 341 g/mol. The third-order valence-corrected chi connectivity index (χ3v) is 4.82. The molecule has 0 aliphatic carbocycles. The van der Waals surface area contributed by atoms with Crippen LogP contribution >= 0.6 is 34.7 Å². The van der Waals surface area contributed by atoms with Crippen LogP contribution in [0.5, 0.6) is 0 Å². The Kier molecular flexibility index (Phi) is 5.67. The lowest BCUT2D eigenvalue weighted by molar-refractivity contribution is -0.113. The van der Waals surface area contributed by atoms with E-state index in [1.54, 1.807) is 17.4 Å². The van der Waals surface area contributed by atoms with Crippen LogP contribution in [-0.4, -0.2) is 22.7 Å². The van der Waals surface area contributed by atoms with Gasteiger partial charge in [-0.15, -0.1) is 23.1 Å². The number of aromatic carboxylic acids is 1. The normalized spacial score (nSPS) is 10.3. The number of carbonyl (C=O) groups is 2. The zero-order chi connectivity index (χ0) is 15.2. The maximum Gasteiger partial charge on any atom is 0.337 e. The Bertz CT molecular complexity index is 644. The first-order valence-corrected chi connectivity index (χ1v) is 8.40. The zero-order valence-electron chi connectivity index (χ0n) is 10.8. The summed E-state index contributed by atoms with van der Waals surface area (Å²) in [6.07, 6.45) is 0. The van der Waals surface area contributed by atoms with Gasteiger partial charge < -0.3 is 10.4 Å². The minimum Gasteiger partial charge on any atom is -0.478 e. The summed E-state index contributed by atoms with van der Waals surface area (Å²) in [5, 5.41) is 14.0. The summed E-state index contributed by atoms with van der Waals surface area (Å²) < 4.78 is 0. The molecule has 0 radical (unpaired) electrons. The van der Waals surface area contributed by atoms with Crippen molar-refractivity contribution in [2.24, 2.45) is 0 Å². The zero-order valence-corrected chi connectivity index (χ0v) is 13.2. The highest BCUT2D eigenvalue weighted by Gasteiger charge is 2.13. The van der Waals surface area contributed by atoms with Crippen LogP contribution in [0.25, 0.3) is 0 Å². The van der Waals surface area contributed by atoms with Gasteiger partial charge in [0.2, 0.25) is 5.91 Å². The van der Waals surface area contributed by atoms with Crippen LogP contribution in [0, 0.1) is 0 Å². The Labute approximate surface area is 135 Å². The number of carboxylic acid groups (broad SMARTS) is 1. The molecule has 0 atom stereocenters. The molecule has 1 aromatic heterocycles. The summed E-state index contributed by atoms with van der Waals surface area (Å²) in [6.45, 7) is 0. The molecule has 2 aromatic rings. The Morgan fingerprint density at radius 3 is 2.81 bits per heavy atom. The van der Waals surface area contributed by atoms with Gasteiger partial charge in [0.05, 0.1) is 17.0 Å². The predicted octanol–water partition coefficient (Wildman–Crippen LogP) is 3.97. The summed E-state index contributed by atoms with van der Waals surface area (Å²) in [6, 6.07) is 8.33. The van der Waals surface area contributed by atoms with E-state index >= 15 is 0 Å². The standard InChI is InChI=1S/C14H12ClNO3S2/c15-9-3-4-12(11(6-9)14(18)19)16-13(17)8-20-7-10-2-1-5-21-10/h1-6H,7-8H2,(H,16,17)(H,18,19). The fourth-order valence-corrected chi connectivity index (χ4v) is 3.47. The third kappa shape index (κ3) is 4.77. The molecule has 4 nitrogen and oxygen atoms in total. The molecule has 0 aliphatic heterocycles. The van der Waals surface area contributed by atoms with E-state index in [0.717, 1.165) is 5.75 Å². The van der Waals surface area contributed by atoms with Gasteiger partial charge in [-0.2, -0.15) is 0 Å². The Morgan fingerprint density at radius 1 is 1.33 bits per heavy atom. The molecular formula is C14H12ClNO3S2. The van der Waals surface area contributed by atoms with E-state index in [-0.39, 0.29) is 22.9 Å². The third-order valence-electron chi connectivity index (χ3n) is 2.54. The van der Waals surface area contributed by atoms with Crippen LogP contribution in [0.4, 0.5) is 5.69 Å². The number of hydrogen-bond acceptors (Lipinski definition) is 4. The number of benzene rings is 1. The van der Waals surface area contributed by atoms with Gasteiger partial charge in [-0.25, -0.2) is 4.79 Å². The van der Waals surface area contributed by atoms with Crippen molar-refractivity contribution < 1.29 is 14.7 Å². The van der Waals surface area contributed by atoms with Crippen LogP contribution in [0.1, 0.15) is 15.2 Å². The lowest BCUT2D eigenvalue weighted by atomic mass is 10.2. The molecule has 0 spiro atoms. The Balaban J connectivity index is 1.92. The van der Waals surface area contributed by atoms with Crippen LogP contribution in [0.3, 0.4) is 0 Å².